The van der Waals surface area contributed by atoms with Crippen LogP contribution in [0, 0.1) is 11.8 Å². The molecular weight excluding hydrogens is 584 g/mol. The highest BCUT2D eigenvalue weighted by Crippen LogP contribution is 2.54. The normalized spacial score (nSPS) is 32.7. The third-order valence-corrected chi connectivity index (χ3v) is 12.9. The number of rotatable bonds is 12. The first-order chi connectivity index (χ1) is 23.1. The molecule has 2 saturated heterocycles. The van der Waals surface area contributed by atoms with Crippen molar-refractivity contribution in [1.82, 2.24) is 20.4 Å². The van der Waals surface area contributed by atoms with Crippen LogP contribution >= 0.6 is 0 Å². The molecule has 0 unspecified atom stereocenters. The van der Waals surface area contributed by atoms with Crippen LogP contribution in [0.1, 0.15) is 136 Å². The zero-order chi connectivity index (χ0) is 31.7. The molecule has 2 saturated carbocycles. The van der Waals surface area contributed by atoms with Crippen molar-refractivity contribution >= 4 is 11.8 Å². The second kappa shape index (κ2) is 14.0. The van der Waals surface area contributed by atoms with Gasteiger partial charge in [-0.05, 0) is 137 Å². The fourth-order valence-electron chi connectivity index (χ4n) is 10.6. The number of carbonyl (C=O) groups excluding carboxylic acids is 2. The Morgan fingerprint density at radius 1 is 0.532 bits per heavy atom. The third kappa shape index (κ3) is 6.65. The quantitative estimate of drug-likeness (QED) is 0.264. The van der Waals surface area contributed by atoms with Crippen molar-refractivity contribution in [2.24, 2.45) is 11.8 Å². The molecule has 2 aromatic rings. The molecule has 2 aliphatic carbocycles. The summed E-state index contributed by atoms with van der Waals surface area (Å²) < 4.78 is 5.54. The lowest BCUT2D eigenvalue weighted by Crippen LogP contribution is -2.42. The Hall–Kier alpha value is -2.74. The minimum Gasteiger partial charge on any atom is -0.362 e. The number of carbonyl (C=O) groups is 2. The lowest BCUT2D eigenvalue weighted by molar-refractivity contribution is -0.132. The highest BCUT2D eigenvalue weighted by molar-refractivity contribution is 5.79. The molecule has 4 heterocycles. The molecule has 0 radical (unpaired) electrons. The summed E-state index contributed by atoms with van der Waals surface area (Å²) in [7, 11) is 0. The molecule has 7 nitrogen and oxygen atoms in total. The van der Waals surface area contributed by atoms with E-state index in [0.717, 1.165) is 37.5 Å². The maximum atomic E-state index is 12.6. The maximum Gasteiger partial charge on any atom is 0.246 e. The van der Waals surface area contributed by atoms with Crippen LogP contribution in [-0.2, 0) is 14.3 Å². The molecule has 0 aromatic heterocycles. The standard InChI is InChI=1S/C40H54N4O3/c45-39(41-29-13-9-27(10-14-29)21-23-43-35-17-18-36(43)32-6-2-1-5-31(32)35)25-47-26-40(46)42-30-15-11-28(12-16-30)22-24-44-37-19-20-38(44)34-8-4-3-7-33(34)37/h1-8,27-30,35-38H,9-26H2,(H,41,45)(H,42,46)/t27-,28-,29-,30-,35-,36+,37-,38+. The lowest BCUT2D eigenvalue weighted by atomic mass is 9.84. The molecule has 47 heavy (non-hydrogen) atoms. The van der Waals surface area contributed by atoms with E-state index >= 15 is 0 Å². The number of hydrogen-bond acceptors (Lipinski definition) is 5. The number of ether oxygens (including phenoxy) is 1. The first kappa shape index (κ1) is 31.5. The van der Waals surface area contributed by atoms with Gasteiger partial charge in [-0.15, -0.1) is 0 Å². The lowest BCUT2D eigenvalue weighted by Gasteiger charge is -2.31. The summed E-state index contributed by atoms with van der Waals surface area (Å²) in [6.07, 6.45) is 16.6. The minimum absolute atomic E-state index is 0.0409. The Labute approximate surface area is 281 Å². The maximum absolute atomic E-state index is 12.6. The van der Waals surface area contributed by atoms with Crippen LogP contribution in [0.25, 0.3) is 0 Å². The predicted octanol–water partition coefficient (Wildman–Crippen LogP) is 6.92. The molecule has 6 aliphatic rings. The van der Waals surface area contributed by atoms with Crippen molar-refractivity contribution in [3.63, 3.8) is 0 Å². The van der Waals surface area contributed by atoms with E-state index in [9.17, 15) is 9.59 Å². The molecule has 0 spiro atoms. The van der Waals surface area contributed by atoms with Gasteiger partial charge in [0.25, 0.3) is 0 Å². The van der Waals surface area contributed by atoms with Crippen LogP contribution in [-0.4, -0.2) is 60.0 Å². The Morgan fingerprint density at radius 3 is 1.21 bits per heavy atom. The van der Waals surface area contributed by atoms with Crippen LogP contribution in [0.2, 0.25) is 0 Å². The first-order valence-electron chi connectivity index (χ1n) is 19.0. The third-order valence-electron chi connectivity index (χ3n) is 12.9. The molecule has 252 valence electrons. The summed E-state index contributed by atoms with van der Waals surface area (Å²) in [5.74, 6) is 1.31. The average Bonchev–Trinajstić information content (AvgIpc) is 3.86. The second-order valence-electron chi connectivity index (χ2n) is 15.6. The van der Waals surface area contributed by atoms with Crippen molar-refractivity contribution in [2.45, 2.75) is 126 Å². The van der Waals surface area contributed by atoms with Crippen molar-refractivity contribution in [3.8, 4) is 0 Å². The van der Waals surface area contributed by atoms with Crippen LogP contribution in [0.3, 0.4) is 0 Å². The first-order valence-corrected chi connectivity index (χ1v) is 19.0. The van der Waals surface area contributed by atoms with E-state index in [1.807, 2.05) is 0 Å². The summed E-state index contributed by atoms with van der Waals surface area (Å²) in [6, 6.07) is 21.1. The Morgan fingerprint density at radius 2 is 0.872 bits per heavy atom. The van der Waals surface area contributed by atoms with Crippen LogP contribution < -0.4 is 10.6 Å². The summed E-state index contributed by atoms with van der Waals surface area (Å²) in [4.78, 5) is 30.7. The number of benzene rings is 2. The average molecular weight is 639 g/mol. The predicted molar refractivity (Wildman–Crippen MR) is 184 cm³/mol. The van der Waals surface area contributed by atoms with Gasteiger partial charge in [0.2, 0.25) is 11.8 Å². The molecule has 2 amide bonds. The van der Waals surface area contributed by atoms with E-state index in [4.69, 9.17) is 4.74 Å². The molecule has 2 aromatic carbocycles. The second-order valence-corrected chi connectivity index (χ2v) is 15.6. The Balaban J connectivity index is 0.669. The van der Waals surface area contributed by atoms with Gasteiger partial charge in [0.05, 0.1) is 0 Å². The molecule has 4 bridgehead atoms. The summed E-state index contributed by atoms with van der Waals surface area (Å²) in [5.41, 5.74) is 6.27. The van der Waals surface area contributed by atoms with Crippen LogP contribution in [0.4, 0.5) is 0 Å². The molecule has 4 atom stereocenters. The number of amides is 2. The van der Waals surface area contributed by atoms with Crippen molar-refractivity contribution in [1.29, 1.82) is 0 Å². The Bertz CT molecular complexity index is 1250. The summed E-state index contributed by atoms with van der Waals surface area (Å²) in [6.45, 7) is 2.30. The number of fused-ring (bicyclic) bond motifs is 10. The molecule has 4 fully saturated rings. The van der Waals surface area contributed by atoms with Crippen LogP contribution in [0.15, 0.2) is 48.5 Å². The van der Waals surface area contributed by atoms with Crippen molar-refractivity contribution in [3.05, 3.63) is 70.8 Å². The molecular formula is C40H54N4O3. The summed E-state index contributed by atoms with van der Waals surface area (Å²) >= 11 is 0. The van der Waals surface area contributed by atoms with Crippen molar-refractivity contribution in [2.75, 3.05) is 26.3 Å². The molecule has 2 N–H and O–H groups in total. The summed E-state index contributed by atoms with van der Waals surface area (Å²) in [5, 5.41) is 6.34. The van der Waals surface area contributed by atoms with E-state index < -0.39 is 0 Å². The van der Waals surface area contributed by atoms with E-state index in [2.05, 4.69) is 69.0 Å². The SMILES string of the molecule is O=C(COCC(=O)N[C@H]1CC[C@H](CCN2[C@@H]3CC[C@H]2c2ccccc23)CC1)N[C@H]1CC[C@H](CCN2[C@@H]3CC[C@H]2c2ccccc23)CC1. The van der Waals surface area contributed by atoms with Gasteiger partial charge in [0.1, 0.15) is 13.2 Å². The largest absolute Gasteiger partial charge is 0.362 e. The van der Waals surface area contributed by atoms with Gasteiger partial charge in [-0.2, -0.15) is 0 Å². The fraction of sp³-hybridized carbons (Fsp3) is 0.650. The van der Waals surface area contributed by atoms with Gasteiger partial charge in [-0.3, -0.25) is 19.4 Å². The van der Waals surface area contributed by atoms with Gasteiger partial charge in [0, 0.05) is 36.3 Å². The van der Waals surface area contributed by atoms with Gasteiger partial charge < -0.3 is 15.4 Å². The minimum atomic E-state index is -0.0947. The van der Waals surface area contributed by atoms with Crippen LogP contribution in [0.5, 0.6) is 0 Å². The zero-order valence-electron chi connectivity index (χ0n) is 28.1. The topological polar surface area (TPSA) is 73.9 Å². The van der Waals surface area contributed by atoms with E-state index in [-0.39, 0.29) is 37.1 Å². The van der Waals surface area contributed by atoms with Crippen molar-refractivity contribution < 1.29 is 14.3 Å². The highest BCUT2D eigenvalue weighted by atomic mass is 16.5. The Kier molecular flexibility index (Phi) is 9.40. The van der Waals surface area contributed by atoms with Gasteiger partial charge >= 0.3 is 0 Å². The number of nitrogens with one attached hydrogen (secondary N) is 2. The van der Waals surface area contributed by atoms with Gasteiger partial charge in [0.15, 0.2) is 0 Å². The number of hydrogen-bond donors (Lipinski definition) is 2. The molecule has 4 aliphatic heterocycles. The van der Waals surface area contributed by atoms with E-state index in [1.54, 1.807) is 22.3 Å². The highest BCUT2D eigenvalue weighted by Gasteiger charge is 2.44. The zero-order valence-corrected chi connectivity index (χ0v) is 28.1. The smallest absolute Gasteiger partial charge is 0.246 e. The molecule has 7 heteroatoms. The van der Waals surface area contributed by atoms with Gasteiger partial charge in [-0.25, -0.2) is 0 Å². The van der Waals surface area contributed by atoms with Gasteiger partial charge in [-0.1, -0.05) is 48.5 Å². The molecule has 8 rings (SSSR count). The number of nitrogens with zero attached hydrogens (tertiary/aromatic N) is 2. The monoisotopic (exact) mass is 638 g/mol. The van der Waals surface area contributed by atoms with E-state index in [0.29, 0.717) is 24.2 Å². The fourth-order valence-corrected chi connectivity index (χ4v) is 10.6. The van der Waals surface area contributed by atoms with E-state index in [1.165, 1.54) is 77.3 Å².